The summed E-state index contributed by atoms with van der Waals surface area (Å²) in [5.41, 5.74) is 0. The number of hydrogen-bond acceptors (Lipinski definition) is 4. The Bertz CT molecular complexity index is 268. The van der Waals surface area contributed by atoms with Crippen molar-refractivity contribution in [3.63, 3.8) is 0 Å². The zero-order chi connectivity index (χ0) is 12.4. The molecule has 0 N–H and O–H groups in total. The van der Waals surface area contributed by atoms with Gasteiger partial charge in [0.05, 0.1) is 6.07 Å². The number of esters is 2. The molecule has 0 aromatic carbocycles. The maximum atomic E-state index is 11.2. The minimum absolute atomic E-state index is 0.133. The lowest BCUT2D eigenvalue weighted by molar-refractivity contribution is -0.159. The largest absolute Gasteiger partial charge is 0.393 e. The molecule has 0 aromatic rings. The number of ether oxygens (including phenoxy) is 1. The maximum absolute atomic E-state index is 11.2. The van der Waals surface area contributed by atoms with Gasteiger partial charge < -0.3 is 4.74 Å². The minimum atomic E-state index is -0.524. The second kappa shape index (κ2) is 8.90. The van der Waals surface area contributed by atoms with Gasteiger partial charge in [-0.05, 0) is 19.8 Å². The Kier molecular flexibility index (Phi) is 8.14. The van der Waals surface area contributed by atoms with Gasteiger partial charge in [-0.2, -0.15) is 5.26 Å². The molecule has 0 aliphatic heterocycles. The van der Waals surface area contributed by atoms with E-state index in [-0.39, 0.29) is 12.3 Å². The van der Waals surface area contributed by atoms with Crippen LogP contribution in [0, 0.1) is 17.2 Å². The van der Waals surface area contributed by atoms with Gasteiger partial charge in [-0.1, -0.05) is 19.8 Å². The van der Waals surface area contributed by atoms with Crippen LogP contribution in [0.5, 0.6) is 0 Å². The van der Waals surface area contributed by atoms with Crippen LogP contribution in [0.1, 0.15) is 52.4 Å². The highest BCUT2D eigenvalue weighted by molar-refractivity contribution is 5.85. The lowest BCUT2D eigenvalue weighted by Crippen LogP contribution is -2.12. The summed E-state index contributed by atoms with van der Waals surface area (Å²) in [6, 6.07) is 2.02. The summed E-state index contributed by atoms with van der Waals surface area (Å²) >= 11 is 0. The molecule has 0 aliphatic rings. The predicted molar refractivity (Wildman–Crippen MR) is 59.3 cm³/mol. The number of carbonyl (C=O) groups excluding carboxylic acids is 2. The van der Waals surface area contributed by atoms with E-state index in [9.17, 15) is 9.59 Å². The van der Waals surface area contributed by atoms with Gasteiger partial charge in [-0.25, -0.2) is 0 Å². The van der Waals surface area contributed by atoms with E-state index in [1.807, 2.05) is 13.0 Å². The first kappa shape index (κ1) is 14.6. The van der Waals surface area contributed by atoms with Crippen molar-refractivity contribution >= 4 is 11.9 Å². The van der Waals surface area contributed by atoms with Crippen LogP contribution in [0.15, 0.2) is 0 Å². The van der Waals surface area contributed by atoms with E-state index in [2.05, 4.69) is 4.74 Å². The average molecular weight is 225 g/mol. The van der Waals surface area contributed by atoms with Gasteiger partial charge in [-0.15, -0.1) is 0 Å². The molecule has 0 aliphatic carbocycles. The van der Waals surface area contributed by atoms with E-state index in [1.54, 1.807) is 6.92 Å². The van der Waals surface area contributed by atoms with Crippen molar-refractivity contribution in [1.29, 1.82) is 5.26 Å². The second-order valence-electron chi connectivity index (χ2n) is 3.87. The highest BCUT2D eigenvalue weighted by Crippen LogP contribution is 2.06. The average Bonchev–Trinajstić information content (AvgIpc) is 2.26. The second-order valence-corrected chi connectivity index (χ2v) is 3.87. The molecule has 90 valence electrons. The molecule has 16 heavy (non-hydrogen) atoms. The summed E-state index contributed by atoms with van der Waals surface area (Å²) in [5, 5.41) is 8.50. The fourth-order valence-electron chi connectivity index (χ4n) is 1.15. The first-order valence-electron chi connectivity index (χ1n) is 5.73. The Hall–Kier alpha value is -1.37. The smallest absolute Gasteiger partial charge is 0.313 e. The van der Waals surface area contributed by atoms with Crippen molar-refractivity contribution in [2.24, 2.45) is 5.92 Å². The molecule has 0 radical (unpaired) electrons. The standard InChI is InChI=1S/C12H19NO3/c1-3-4-5-6-11(14)16-12(15)8-7-10(2)9-13/h10H,3-8H2,1-2H3. The number of unbranched alkanes of at least 4 members (excludes halogenated alkanes) is 2. The molecule has 4 heteroatoms. The highest BCUT2D eigenvalue weighted by Gasteiger charge is 2.11. The van der Waals surface area contributed by atoms with Crippen LogP contribution in [0.2, 0.25) is 0 Å². The topological polar surface area (TPSA) is 67.2 Å². The van der Waals surface area contributed by atoms with Crippen molar-refractivity contribution in [1.82, 2.24) is 0 Å². The van der Waals surface area contributed by atoms with E-state index in [0.29, 0.717) is 12.8 Å². The molecule has 0 spiro atoms. The third kappa shape index (κ3) is 7.98. The van der Waals surface area contributed by atoms with Crippen LogP contribution >= 0.6 is 0 Å². The lowest BCUT2D eigenvalue weighted by atomic mass is 10.1. The van der Waals surface area contributed by atoms with Gasteiger partial charge in [0.15, 0.2) is 0 Å². The van der Waals surface area contributed by atoms with Crippen molar-refractivity contribution in [2.75, 3.05) is 0 Å². The molecular formula is C12H19NO3. The van der Waals surface area contributed by atoms with Crippen molar-refractivity contribution in [3.05, 3.63) is 0 Å². The molecule has 0 rings (SSSR count). The summed E-state index contributed by atoms with van der Waals surface area (Å²) in [4.78, 5) is 22.3. The van der Waals surface area contributed by atoms with Crippen LogP contribution in [0.25, 0.3) is 0 Å². The molecule has 0 heterocycles. The van der Waals surface area contributed by atoms with Gasteiger partial charge in [0, 0.05) is 18.8 Å². The summed E-state index contributed by atoms with van der Waals surface area (Å²) in [6.45, 7) is 3.77. The van der Waals surface area contributed by atoms with Gasteiger partial charge >= 0.3 is 11.9 Å². The molecule has 0 saturated carbocycles. The Morgan fingerprint density at radius 3 is 2.44 bits per heavy atom. The first-order valence-corrected chi connectivity index (χ1v) is 5.73. The SMILES string of the molecule is CCCCCC(=O)OC(=O)CCC(C)C#N. The third-order valence-electron chi connectivity index (χ3n) is 2.21. The van der Waals surface area contributed by atoms with Gasteiger partial charge in [0.1, 0.15) is 0 Å². The molecule has 0 bridgehead atoms. The fraction of sp³-hybridized carbons (Fsp3) is 0.750. The summed E-state index contributed by atoms with van der Waals surface area (Å²) in [7, 11) is 0. The number of nitriles is 1. The Morgan fingerprint density at radius 2 is 1.88 bits per heavy atom. The Labute approximate surface area is 96.6 Å². The number of rotatable bonds is 7. The molecule has 0 amide bonds. The third-order valence-corrected chi connectivity index (χ3v) is 2.21. The Morgan fingerprint density at radius 1 is 1.25 bits per heavy atom. The van der Waals surface area contributed by atoms with Gasteiger partial charge in [0.25, 0.3) is 0 Å². The first-order chi connectivity index (χ1) is 7.60. The van der Waals surface area contributed by atoms with E-state index < -0.39 is 11.9 Å². The highest BCUT2D eigenvalue weighted by atomic mass is 16.6. The molecule has 1 unspecified atom stereocenters. The molecule has 0 saturated heterocycles. The van der Waals surface area contributed by atoms with E-state index in [1.165, 1.54) is 0 Å². The summed E-state index contributed by atoms with van der Waals surface area (Å²) < 4.78 is 4.60. The van der Waals surface area contributed by atoms with E-state index in [4.69, 9.17) is 5.26 Å². The Balaban J connectivity index is 3.63. The fourth-order valence-corrected chi connectivity index (χ4v) is 1.15. The van der Waals surface area contributed by atoms with E-state index >= 15 is 0 Å². The molecule has 0 fully saturated rings. The van der Waals surface area contributed by atoms with Crippen molar-refractivity contribution < 1.29 is 14.3 Å². The van der Waals surface area contributed by atoms with Crippen molar-refractivity contribution in [2.45, 2.75) is 52.4 Å². The normalized spacial score (nSPS) is 11.6. The molecule has 0 aromatic heterocycles. The number of hydrogen-bond donors (Lipinski definition) is 0. The van der Waals surface area contributed by atoms with Crippen LogP contribution in [-0.4, -0.2) is 11.9 Å². The number of nitrogens with zero attached hydrogens (tertiary/aromatic N) is 1. The van der Waals surface area contributed by atoms with Crippen LogP contribution in [-0.2, 0) is 14.3 Å². The van der Waals surface area contributed by atoms with Crippen molar-refractivity contribution in [3.8, 4) is 6.07 Å². The molecule has 4 nitrogen and oxygen atoms in total. The van der Waals surface area contributed by atoms with Gasteiger partial charge in [-0.3, -0.25) is 9.59 Å². The minimum Gasteiger partial charge on any atom is -0.393 e. The molecule has 1 atom stereocenters. The van der Waals surface area contributed by atoms with Crippen LogP contribution in [0.3, 0.4) is 0 Å². The quantitative estimate of drug-likeness (QED) is 0.379. The van der Waals surface area contributed by atoms with Crippen LogP contribution < -0.4 is 0 Å². The molecular weight excluding hydrogens is 206 g/mol. The zero-order valence-electron chi connectivity index (χ0n) is 9.99. The zero-order valence-corrected chi connectivity index (χ0v) is 9.99. The summed E-state index contributed by atoms with van der Waals surface area (Å²) in [6.07, 6.45) is 3.63. The van der Waals surface area contributed by atoms with E-state index in [0.717, 1.165) is 19.3 Å². The summed E-state index contributed by atoms with van der Waals surface area (Å²) in [5.74, 6) is -1.16. The predicted octanol–water partition coefficient (Wildman–Crippen LogP) is 2.58. The number of carbonyl (C=O) groups is 2. The lowest BCUT2D eigenvalue weighted by Gasteiger charge is -2.03. The van der Waals surface area contributed by atoms with Gasteiger partial charge in [0.2, 0.25) is 0 Å². The van der Waals surface area contributed by atoms with Crippen LogP contribution in [0.4, 0.5) is 0 Å². The monoisotopic (exact) mass is 225 g/mol. The maximum Gasteiger partial charge on any atom is 0.313 e.